The molecule has 0 spiro atoms. The average molecular weight is 178 g/mol. The van der Waals surface area contributed by atoms with Gasteiger partial charge in [0, 0.05) is 0 Å². The van der Waals surface area contributed by atoms with Crippen LogP contribution < -0.4 is 4.74 Å². The molecule has 0 aromatic heterocycles. The molecule has 1 aliphatic rings. The first-order valence-corrected chi connectivity index (χ1v) is 4.19. The second-order valence-corrected chi connectivity index (χ2v) is 3.00. The van der Waals surface area contributed by atoms with Crippen molar-refractivity contribution in [3.63, 3.8) is 0 Å². The Kier molecular flexibility index (Phi) is 2.02. The summed E-state index contributed by atoms with van der Waals surface area (Å²) in [6.45, 7) is 1.84. The Bertz CT molecular complexity index is 307. The van der Waals surface area contributed by atoms with Crippen LogP contribution in [0.2, 0.25) is 0 Å². The third kappa shape index (κ3) is 1.87. The second-order valence-electron chi connectivity index (χ2n) is 3.00. The van der Waals surface area contributed by atoms with E-state index >= 15 is 0 Å². The number of esters is 1. The van der Waals surface area contributed by atoms with E-state index in [0.717, 1.165) is 0 Å². The summed E-state index contributed by atoms with van der Waals surface area (Å²) < 4.78 is 10.0. The molecule has 3 nitrogen and oxygen atoms in total. The highest BCUT2D eigenvalue weighted by Crippen LogP contribution is 2.23. The minimum atomic E-state index is -0.361. The van der Waals surface area contributed by atoms with Crippen LogP contribution in [0.3, 0.4) is 0 Å². The molecular formula is C10H10O3. The normalized spacial score (nSPS) is 25.3. The number of carbonyl (C=O) groups excluding carboxylic acids is 1. The van der Waals surface area contributed by atoms with E-state index in [2.05, 4.69) is 0 Å². The van der Waals surface area contributed by atoms with E-state index in [0.29, 0.717) is 5.75 Å². The number of epoxide rings is 1. The summed E-state index contributed by atoms with van der Waals surface area (Å²) >= 11 is 0. The molecule has 1 saturated heterocycles. The highest BCUT2D eigenvalue weighted by molar-refractivity contribution is 5.80. The molecule has 0 saturated carbocycles. The minimum Gasteiger partial charge on any atom is -0.425 e. The smallest absolute Gasteiger partial charge is 0.343 e. The zero-order chi connectivity index (χ0) is 9.26. The lowest BCUT2D eigenvalue weighted by molar-refractivity contribution is -0.135. The Balaban J connectivity index is 1.95. The van der Waals surface area contributed by atoms with Gasteiger partial charge < -0.3 is 9.47 Å². The number of hydrogen-bond acceptors (Lipinski definition) is 3. The number of carbonyl (C=O) groups is 1. The van der Waals surface area contributed by atoms with Crippen LogP contribution in [-0.2, 0) is 9.53 Å². The van der Waals surface area contributed by atoms with E-state index in [1.807, 2.05) is 25.1 Å². The fraction of sp³-hybridized carbons (Fsp3) is 0.300. The maximum atomic E-state index is 11.2. The molecule has 1 fully saturated rings. The predicted octanol–water partition coefficient (Wildman–Crippen LogP) is 1.38. The maximum Gasteiger partial charge on any atom is 0.343 e. The van der Waals surface area contributed by atoms with Crippen LogP contribution in [0.25, 0.3) is 0 Å². The first kappa shape index (κ1) is 8.26. The molecule has 1 aliphatic heterocycles. The lowest BCUT2D eigenvalue weighted by Gasteiger charge is -2.00. The third-order valence-electron chi connectivity index (χ3n) is 1.90. The van der Waals surface area contributed by atoms with Crippen LogP contribution in [0.15, 0.2) is 30.3 Å². The van der Waals surface area contributed by atoms with Gasteiger partial charge in [0.1, 0.15) is 5.75 Å². The zero-order valence-corrected chi connectivity index (χ0v) is 7.27. The molecule has 0 radical (unpaired) electrons. The van der Waals surface area contributed by atoms with Crippen molar-refractivity contribution < 1.29 is 14.3 Å². The molecule has 0 bridgehead atoms. The predicted molar refractivity (Wildman–Crippen MR) is 46.4 cm³/mol. The molecule has 13 heavy (non-hydrogen) atoms. The lowest BCUT2D eigenvalue weighted by Crippen LogP contribution is -2.16. The Morgan fingerprint density at radius 2 is 2.00 bits per heavy atom. The highest BCUT2D eigenvalue weighted by atomic mass is 16.6. The number of para-hydroxylation sites is 1. The van der Waals surface area contributed by atoms with Gasteiger partial charge in [-0.25, -0.2) is 4.79 Å². The van der Waals surface area contributed by atoms with E-state index in [-0.39, 0.29) is 18.2 Å². The standard InChI is InChI=1S/C10H10O3/c1-7-9(12-7)10(11)13-8-5-3-2-4-6-8/h2-7,9H,1H3. The van der Waals surface area contributed by atoms with Crippen LogP contribution in [0.5, 0.6) is 5.75 Å². The second kappa shape index (κ2) is 3.18. The average Bonchev–Trinajstić information content (AvgIpc) is 2.84. The van der Waals surface area contributed by atoms with Gasteiger partial charge in [0.05, 0.1) is 6.10 Å². The summed E-state index contributed by atoms with van der Waals surface area (Å²) in [5.74, 6) is 0.258. The lowest BCUT2D eigenvalue weighted by atomic mass is 10.3. The van der Waals surface area contributed by atoms with Crippen molar-refractivity contribution in [2.75, 3.05) is 0 Å². The molecular weight excluding hydrogens is 168 g/mol. The molecule has 2 unspecified atom stereocenters. The van der Waals surface area contributed by atoms with Gasteiger partial charge in [-0.1, -0.05) is 18.2 Å². The van der Waals surface area contributed by atoms with Crippen LogP contribution in [-0.4, -0.2) is 18.2 Å². The van der Waals surface area contributed by atoms with Crippen molar-refractivity contribution in [2.24, 2.45) is 0 Å². The monoisotopic (exact) mass is 178 g/mol. The van der Waals surface area contributed by atoms with E-state index in [4.69, 9.17) is 9.47 Å². The van der Waals surface area contributed by atoms with Gasteiger partial charge in [0.25, 0.3) is 0 Å². The summed E-state index contributed by atoms with van der Waals surface area (Å²) in [5, 5.41) is 0. The Morgan fingerprint density at radius 3 is 2.54 bits per heavy atom. The topological polar surface area (TPSA) is 38.8 Å². The molecule has 1 aromatic carbocycles. The number of rotatable bonds is 2. The molecule has 68 valence electrons. The molecule has 0 aliphatic carbocycles. The minimum absolute atomic E-state index is 0.0104. The van der Waals surface area contributed by atoms with Gasteiger partial charge >= 0.3 is 5.97 Å². The van der Waals surface area contributed by atoms with Gasteiger partial charge in [0.2, 0.25) is 0 Å². The van der Waals surface area contributed by atoms with Gasteiger partial charge in [-0.2, -0.15) is 0 Å². The van der Waals surface area contributed by atoms with Crippen molar-refractivity contribution >= 4 is 5.97 Å². The van der Waals surface area contributed by atoms with Gasteiger partial charge in [-0.15, -0.1) is 0 Å². The molecule has 1 aromatic rings. The van der Waals surface area contributed by atoms with Crippen molar-refractivity contribution in [1.82, 2.24) is 0 Å². The Labute approximate surface area is 76.3 Å². The van der Waals surface area contributed by atoms with E-state index < -0.39 is 0 Å². The van der Waals surface area contributed by atoms with Crippen LogP contribution >= 0.6 is 0 Å². The fourth-order valence-electron chi connectivity index (χ4n) is 1.10. The summed E-state index contributed by atoms with van der Waals surface area (Å²) in [6, 6.07) is 8.99. The van der Waals surface area contributed by atoms with E-state index in [1.54, 1.807) is 12.1 Å². The quantitative estimate of drug-likeness (QED) is 0.390. The van der Waals surface area contributed by atoms with Crippen molar-refractivity contribution in [3.05, 3.63) is 30.3 Å². The SMILES string of the molecule is CC1OC1C(=O)Oc1ccccc1. The van der Waals surface area contributed by atoms with Gasteiger partial charge in [0.15, 0.2) is 6.10 Å². The van der Waals surface area contributed by atoms with Gasteiger partial charge in [-0.3, -0.25) is 0 Å². The Hall–Kier alpha value is -1.35. The fourth-order valence-corrected chi connectivity index (χ4v) is 1.10. The third-order valence-corrected chi connectivity index (χ3v) is 1.90. The number of ether oxygens (including phenoxy) is 2. The first-order chi connectivity index (χ1) is 6.27. The molecule has 1 heterocycles. The van der Waals surface area contributed by atoms with Crippen LogP contribution in [0, 0.1) is 0 Å². The van der Waals surface area contributed by atoms with Crippen molar-refractivity contribution in [1.29, 1.82) is 0 Å². The Morgan fingerprint density at radius 1 is 1.38 bits per heavy atom. The maximum absolute atomic E-state index is 11.2. The van der Waals surface area contributed by atoms with E-state index in [9.17, 15) is 4.79 Å². The molecule has 2 rings (SSSR count). The summed E-state index contributed by atoms with van der Waals surface area (Å²) in [6.07, 6.45) is -0.351. The number of hydrogen-bond donors (Lipinski definition) is 0. The summed E-state index contributed by atoms with van der Waals surface area (Å²) in [7, 11) is 0. The van der Waals surface area contributed by atoms with E-state index in [1.165, 1.54) is 0 Å². The van der Waals surface area contributed by atoms with Crippen LogP contribution in [0.1, 0.15) is 6.92 Å². The zero-order valence-electron chi connectivity index (χ0n) is 7.27. The molecule has 0 N–H and O–H groups in total. The van der Waals surface area contributed by atoms with Gasteiger partial charge in [-0.05, 0) is 19.1 Å². The number of benzene rings is 1. The molecule has 0 amide bonds. The van der Waals surface area contributed by atoms with Crippen molar-refractivity contribution in [2.45, 2.75) is 19.1 Å². The highest BCUT2D eigenvalue weighted by Gasteiger charge is 2.42. The van der Waals surface area contributed by atoms with Crippen LogP contribution in [0.4, 0.5) is 0 Å². The summed E-state index contributed by atoms with van der Waals surface area (Å²) in [5.41, 5.74) is 0. The molecule has 3 heteroatoms. The largest absolute Gasteiger partial charge is 0.425 e. The summed E-state index contributed by atoms with van der Waals surface area (Å²) in [4.78, 5) is 11.2. The van der Waals surface area contributed by atoms with Crippen molar-refractivity contribution in [3.8, 4) is 5.75 Å². The molecule has 2 atom stereocenters. The first-order valence-electron chi connectivity index (χ1n) is 4.19.